The minimum atomic E-state index is -0.633. The zero-order valence-electron chi connectivity index (χ0n) is 15.8. The molecule has 2 aromatic carbocycles. The van der Waals surface area contributed by atoms with Gasteiger partial charge in [0.1, 0.15) is 0 Å². The number of nitrogens with one attached hydrogen (secondary N) is 1. The molecule has 8 nitrogen and oxygen atoms in total. The van der Waals surface area contributed by atoms with Crippen molar-refractivity contribution >= 4 is 33.4 Å². The van der Waals surface area contributed by atoms with Gasteiger partial charge in [-0.15, -0.1) is 10.2 Å². The van der Waals surface area contributed by atoms with Gasteiger partial charge in [0, 0.05) is 21.3 Å². The fourth-order valence-electron chi connectivity index (χ4n) is 2.97. The summed E-state index contributed by atoms with van der Waals surface area (Å²) in [6.45, 7) is 0. The van der Waals surface area contributed by atoms with Crippen LogP contribution in [0.15, 0.2) is 40.0 Å². The van der Waals surface area contributed by atoms with Crippen LogP contribution in [0.4, 0.5) is 5.69 Å². The fourth-order valence-corrected chi connectivity index (χ4v) is 3.63. The molecule has 2 N–H and O–H groups in total. The van der Waals surface area contributed by atoms with Crippen molar-refractivity contribution in [3.63, 3.8) is 0 Å². The van der Waals surface area contributed by atoms with Crippen molar-refractivity contribution < 1.29 is 19.3 Å². The fraction of sp³-hybridized carbons (Fsp3) is 0.211. The minimum Gasteiger partial charge on any atom is -0.502 e. The van der Waals surface area contributed by atoms with Gasteiger partial charge >= 0.3 is 0 Å². The van der Waals surface area contributed by atoms with Crippen LogP contribution in [0.5, 0.6) is 23.1 Å². The number of phenolic OH excluding ortho intramolecular Hbond substituents is 1. The first-order chi connectivity index (χ1) is 14.0. The van der Waals surface area contributed by atoms with Gasteiger partial charge < -0.3 is 24.6 Å². The predicted octanol–water partition coefficient (Wildman–Crippen LogP) is 4.25. The number of anilines is 1. The summed E-state index contributed by atoms with van der Waals surface area (Å²) in [5.74, 6) is 0.821. The van der Waals surface area contributed by atoms with Gasteiger partial charge in [-0.05, 0) is 36.6 Å². The van der Waals surface area contributed by atoms with Crippen LogP contribution in [0.3, 0.4) is 0 Å². The molecular weight excluding hydrogens is 460 g/mol. The Balaban J connectivity index is 1.88. The molecule has 0 unspecified atom stereocenters. The van der Waals surface area contributed by atoms with Gasteiger partial charge in [0.2, 0.25) is 16.8 Å². The van der Waals surface area contributed by atoms with Crippen molar-refractivity contribution in [2.75, 3.05) is 25.8 Å². The first-order valence-electron chi connectivity index (χ1n) is 8.50. The van der Waals surface area contributed by atoms with Crippen molar-refractivity contribution in [2.45, 2.75) is 11.4 Å². The maximum atomic E-state index is 10.2. The quantitative estimate of drug-likeness (QED) is 0.535. The second kappa shape index (κ2) is 7.96. The maximum absolute atomic E-state index is 10.2. The molecule has 4 rings (SSSR count). The van der Waals surface area contributed by atoms with Crippen LogP contribution in [0.1, 0.15) is 11.8 Å². The van der Waals surface area contributed by atoms with Gasteiger partial charge in [0.05, 0.1) is 14.2 Å². The Morgan fingerprint density at radius 3 is 2.52 bits per heavy atom. The SMILES string of the molecule is COc1cc([C@@H]2Nc3ccc(Br)cc3-c3nnc(SC)nc3O2)cc(OC)c1O. The number of thioether (sulfide) groups is 1. The van der Waals surface area contributed by atoms with Crippen LogP contribution in [-0.2, 0) is 0 Å². The first-order valence-corrected chi connectivity index (χ1v) is 10.5. The Morgan fingerprint density at radius 1 is 1.14 bits per heavy atom. The number of aromatic nitrogens is 3. The number of rotatable bonds is 4. The number of hydrogen-bond acceptors (Lipinski definition) is 9. The van der Waals surface area contributed by atoms with Crippen molar-refractivity contribution in [1.82, 2.24) is 15.2 Å². The van der Waals surface area contributed by atoms with E-state index in [1.165, 1.54) is 26.0 Å². The van der Waals surface area contributed by atoms with Gasteiger partial charge in [-0.25, -0.2) is 0 Å². The maximum Gasteiger partial charge on any atom is 0.247 e. The molecule has 0 amide bonds. The summed E-state index contributed by atoms with van der Waals surface area (Å²) >= 11 is 4.88. The summed E-state index contributed by atoms with van der Waals surface area (Å²) in [6, 6.07) is 9.14. The third-order valence-corrected chi connectivity index (χ3v) is 5.41. The lowest BCUT2D eigenvalue weighted by Gasteiger charge is -2.21. The predicted molar refractivity (Wildman–Crippen MR) is 113 cm³/mol. The Bertz CT molecular complexity index is 1060. The lowest BCUT2D eigenvalue weighted by molar-refractivity contribution is 0.223. The van der Waals surface area contributed by atoms with Crippen molar-refractivity contribution in [3.05, 3.63) is 40.4 Å². The summed E-state index contributed by atoms with van der Waals surface area (Å²) in [7, 11) is 2.95. The molecule has 2 heterocycles. The topological polar surface area (TPSA) is 98.6 Å². The number of ether oxygens (including phenoxy) is 3. The van der Waals surface area contributed by atoms with Gasteiger partial charge in [-0.3, -0.25) is 0 Å². The Hall–Kier alpha value is -2.72. The highest BCUT2D eigenvalue weighted by Gasteiger charge is 2.28. The average Bonchev–Trinajstić information content (AvgIpc) is 2.90. The van der Waals surface area contributed by atoms with Crippen LogP contribution in [0.2, 0.25) is 0 Å². The average molecular weight is 477 g/mol. The van der Waals surface area contributed by atoms with E-state index in [9.17, 15) is 5.11 Å². The summed E-state index contributed by atoms with van der Waals surface area (Å²) < 4.78 is 17.7. The van der Waals surface area contributed by atoms with E-state index in [2.05, 4.69) is 36.4 Å². The number of phenols is 1. The molecule has 10 heteroatoms. The molecule has 1 aromatic heterocycles. The van der Waals surface area contributed by atoms with Crippen LogP contribution in [0.25, 0.3) is 11.3 Å². The summed E-state index contributed by atoms with van der Waals surface area (Å²) in [4.78, 5) is 4.50. The number of methoxy groups -OCH3 is 2. The van der Waals surface area contributed by atoms with E-state index in [1.807, 2.05) is 24.5 Å². The van der Waals surface area contributed by atoms with Crippen LogP contribution < -0.4 is 19.5 Å². The third-order valence-electron chi connectivity index (χ3n) is 4.38. The largest absolute Gasteiger partial charge is 0.502 e. The number of aromatic hydroxyl groups is 1. The smallest absolute Gasteiger partial charge is 0.247 e. The molecule has 0 aliphatic carbocycles. The molecular formula is C19H17BrN4O4S. The second-order valence-corrected chi connectivity index (χ2v) is 7.75. The van der Waals surface area contributed by atoms with Crippen molar-refractivity contribution in [1.29, 1.82) is 0 Å². The van der Waals surface area contributed by atoms with E-state index in [1.54, 1.807) is 12.1 Å². The highest BCUT2D eigenvalue weighted by Crippen LogP contribution is 2.44. The molecule has 0 saturated heterocycles. The van der Waals surface area contributed by atoms with Crippen LogP contribution >= 0.6 is 27.7 Å². The molecule has 0 fully saturated rings. The second-order valence-electron chi connectivity index (χ2n) is 6.06. The number of fused-ring (bicyclic) bond motifs is 3. The van der Waals surface area contributed by atoms with Crippen LogP contribution in [0, 0.1) is 0 Å². The highest BCUT2D eigenvalue weighted by atomic mass is 79.9. The number of halogens is 1. The monoisotopic (exact) mass is 476 g/mol. The van der Waals surface area contributed by atoms with E-state index in [-0.39, 0.29) is 17.2 Å². The van der Waals surface area contributed by atoms with E-state index >= 15 is 0 Å². The Kier molecular flexibility index (Phi) is 5.37. The van der Waals surface area contributed by atoms with E-state index in [0.29, 0.717) is 22.3 Å². The molecule has 1 aliphatic heterocycles. The number of benzene rings is 2. The molecule has 0 radical (unpaired) electrons. The van der Waals surface area contributed by atoms with E-state index < -0.39 is 6.23 Å². The van der Waals surface area contributed by atoms with Gasteiger partial charge in [0.25, 0.3) is 0 Å². The molecule has 1 atom stereocenters. The first kappa shape index (κ1) is 19.6. The summed E-state index contributed by atoms with van der Waals surface area (Å²) in [6.07, 6.45) is 1.24. The zero-order chi connectivity index (χ0) is 20.5. The van der Waals surface area contributed by atoms with Crippen molar-refractivity contribution in [3.8, 4) is 34.4 Å². The lowest BCUT2D eigenvalue weighted by Crippen LogP contribution is -2.17. The summed E-state index contributed by atoms with van der Waals surface area (Å²) in [5, 5.41) is 22.6. The third kappa shape index (κ3) is 3.65. The molecule has 0 saturated carbocycles. The molecule has 150 valence electrons. The molecule has 1 aliphatic rings. The Morgan fingerprint density at radius 2 is 1.86 bits per heavy atom. The Labute approximate surface area is 179 Å². The number of hydrogen-bond donors (Lipinski definition) is 2. The number of nitrogens with zero attached hydrogens (tertiary/aromatic N) is 3. The van der Waals surface area contributed by atoms with Gasteiger partial charge in [-0.1, -0.05) is 27.7 Å². The van der Waals surface area contributed by atoms with E-state index in [4.69, 9.17) is 14.2 Å². The van der Waals surface area contributed by atoms with Crippen LogP contribution in [-0.4, -0.2) is 40.8 Å². The lowest BCUT2D eigenvalue weighted by atomic mass is 10.1. The normalized spacial score (nSPS) is 14.7. The summed E-state index contributed by atoms with van der Waals surface area (Å²) in [5.41, 5.74) is 2.83. The van der Waals surface area contributed by atoms with Crippen molar-refractivity contribution in [2.24, 2.45) is 0 Å². The molecule has 0 bridgehead atoms. The zero-order valence-corrected chi connectivity index (χ0v) is 18.2. The molecule has 3 aromatic rings. The highest BCUT2D eigenvalue weighted by molar-refractivity contribution is 9.10. The molecule has 0 spiro atoms. The standard InChI is InChI=1S/C19H17BrN4O4S/c1-26-13-6-9(7-14(27-2)16(13)25)17-21-12-5-4-10(20)8-11(12)15-18(28-17)22-19(29-3)24-23-15/h4-8,17,21,25H,1-3H3/t17-/m1/s1. The van der Waals surface area contributed by atoms with Gasteiger partial charge in [-0.2, -0.15) is 4.98 Å². The molecule has 29 heavy (non-hydrogen) atoms. The van der Waals surface area contributed by atoms with Gasteiger partial charge in [0.15, 0.2) is 23.4 Å². The van der Waals surface area contributed by atoms with E-state index in [0.717, 1.165) is 15.7 Å². The minimum absolute atomic E-state index is 0.0780.